The van der Waals surface area contributed by atoms with Crippen molar-refractivity contribution in [3.8, 4) is 11.8 Å². The summed E-state index contributed by atoms with van der Waals surface area (Å²) in [6.07, 6.45) is 0.110. The number of hydrogen-bond acceptors (Lipinski definition) is 6. The quantitative estimate of drug-likeness (QED) is 0.142. The Morgan fingerprint density at radius 2 is 1.20 bits per heavy atom. The van der Waals surface area contributed by atoms with Crippen LogP contribution in [-0.2, 0) is 43.3 Å². The van der Waals surface area contributed by atoms with Crippen molar-refractivity contribution in [3.63, 3.8) is 0 Å². The molecule has 236 valence electrons. The first-order chi connectivity index (χ1) is 21.7. The number of rotatable bonds is 14. The van der Waals surface area contributed by atoms with Crippen molar-refractivity contribution >= 4 is 23.9 Å². The van der Waals surface area contributed by atoms with E-state index in [1.807, 2.05) is 105 Å². The average molecular weight is 612 g/mol. The lowest BCUT2D eigenvalue weighted by atomic mass is 10.0. The molecule has 0 aliphatic carbocycles. The number of carbonyl (C=O) groups excluding carboxylic acids is 4. The molecular weight excluding hydrogens is 570 g/mol. The van der Waals surface area contributed by atoms with Crippen LogP contribution >= 0.6 is 0 Å². The van der Waals surface area contributed by atoms with E-state index in [1.165, 1.54) is 0 Å². The molecule has 0 heterocycles. The Balaban J connectivity index is 1.78. The van der Waals surface area contributed by atoms with Gasteiger partial charge in [0.2, 0.25) is 11.8 Å². The maximum atomic E-state index is 13.8. The molecule has 0 saturated heterocycles. The van der Waals surface area contributed by atoms with Gasteiger partial charge in [-0.2, -0.15) is 0 Å². The summed E-state index contributed by atoms with van der Waals surface area (Å²) in [5.41, 5.74) is 2.54. The molecule has 9 nitrogen and oxygen atoms in total. The summed E-state index contributed by atoms with van der Waals surface area (Å²) < 4.78 is 10.3. The first kappa shape index (κ1) is 34.4. The van der Waals surface area contributed by atoms with Crippen molar-refractivity contribution in [2.24, 2.45) is 5.92 Å². The molecule has 0 bridgehead atoms. The van der Waals surface area contributed by atoms with Gasteiger partial charge in [0.05, 0.1) is 12.6 Å². The predicted molar refractivity (Wildman–Crippen MR) is 172 cm³/mol. The third-order valence-electron chi connectivity index (χ3n) is 6.67. The van der Waals surface area contributed by atoms with Crippen molar-refractivity contribution in [3.05, 3.63) is 108 Å². The third-order valence-corrected chi connectivity index (χ3v) is 6.67. The van der Waals surface area contributed by atoms with Gasteiger partial charge in [0, 0.05) is 18.8 Å². The van der Waals surface area contributed by atoms with E-state index in [4.69, 9.17) is 9.47 Å². The van der Waals surface area contributed by atoms with E-state index in [0.717, 1.165) is 16.7 Å². The van der Waals surface area contributed by atoms with Crippen LogP contribution in [0.2, 0.25) is 0 Å². The van der Waals surface area contributed by atoms with Gasteiger partial charge in [-0.05, 0) is 36.0 Å². The lowest BCUT2D eigenvalue weighted by Crippen LogP contribution is -2.56. The Morgan fingerprint density at radius 3 is 1.76 bits per heavy atom. The number of carbonyl (C=O) groups is 4. The third kappa shape index (κ3) is 13.0. The zero-order chi connectivity index (χ0) is 32.4. The van der Waals surface area contributed by atoms with E-state index in [-0.39, 0.29) is 25.6 Å². The van der Waals surface area contributed by atoms with Gasteiger partial charge >= 0.3 is 12.1 Å². The molecule has 3 atom stereocenters. The molecule has 3 aromatic rings. The van der Waals surface area contributed by atoms with Crippen molar-refractivity contribution < 1.29 is 28.7 Å². The highest BCUT2D eigenvalue weighted by molar-refractivity contribution is 5.92. The molecule has 0 aliphatic rings. The fourth-order valence-electron chi connectivity index (χ4n) is 4.51. The van der Waals surface area contributed by atoms with E-state index in [2.05, 4.69) is 27.8 Å². The zero-order valence-electron chi connectivity index (χ0n) is 26.0. The van der Waals surface area contributed by atoms with Crippen molar-refractivity contribution in [1.82, 2.24) is 16.0 Å². The number of hydrogen-bond donors (Lipinski definition) is 3. The van der Waals surface area contributed by atoms with E-state index >= 15 is 0 Å². The van der Waals surface area contributed by atoms with Gasteiger partial charge in [-0.15, -0.1) is 0 Å². The molecule has 0 aliphatic heterocycles. The Bertz CT molecular complexity index is 1440. The summed E-state index contributed by atoms with van der Waals surface area (Å²) >= 11 is 0. The number of alkyl carbamates (subject to hydrolysis) is 1. The van der Waals surface area contributed by atoms with Crippen LogP contribution in [0, 0.1) is 17.8 Å². The molecule has 3 rings (SSSR count). The maximum absolute atomic E-state index is 13.8. The minimum atomic E-state index is -1.00. The Hall–Kier alpha value is -5.10. The summed E-state index contributed by atoms with van der Waals surface area (Å²) in [5.74, 6) is 3.63. The van der Waals surface area contributed by atoms with Crippen molar-refractivity contribution in [2.75, 3.05) is 6.61 Å². The molecule has 3 N–H and O–H groups in total. The number of amides is 3. The SMILES string of the molecule is CCOC(=O)C#C[C@H](Cc1ccccc1)NC(=O)[C@H](Cc1ccccc1)NC(=O)[C@H](CC(C)C)NC(=O)OCc1ccccc1. The molecule has 0 aromatic heterocycles. The van der Waals surface area contributed by atoms with Crippen LogP contribution < -0.4 is 16.0 Å². The van der Waals surface area contributed by atoms with Gasteiger partial charge in [0.25, 0.3) is 0 Å². The summed E-state index contributed by atoms with van der Waals surface area (Å²) in [7, 11) is 0. The highest BCUT2D eigenvalue weighted by Crippen LogP contribution is 2.10. The van der Waals surface area contributed by atoms with E-state index < -0.39 is 42.0 Å². The van der Waals surface area contributed by atoms with Gasteiger partial charge in [-0.25, -0.2) is 9.59 Å². The fourth-order valence-corrected chi connectivity index (χ4v) is 4.51. The highest BCUT2D eigenvalue weighted by Gasteiger charge is 2.29. The first-order valence-electron chi connectivity index (χ1n) is 15.1. The van der Waals surface area contributed by atoms with Gasteiger partial charge in [-0.1, -0.05) is 111 Å². The summed E-state index contributed by atoms with van der Waals surface area (Å²) in [6.45, 7) is 5.78. The second-order valence-corrected chi connectivity index (χ2v) is 10.9. The minimum Gasteiger partial charge on any atom is -0.456 e. The van der Waals surface area contributed by atoms with Crippen LogP contribution in [0.25, 0.3) is 0 Å². The predicted octanol–water partition coefficient (Wildman–Crippen LogP) is 4.35. The smallest absolute Gasteiger partial charge is 0.408 e. The van der Waals surface area contributed by atoms with Crippen LogP contribution in [0.3, 0.4) is 0 Å². The van der Waals surface area contributed by atoms with Crippen LogP contribution in [0.15, 0.2) is 91.0 Å². The number of esters is 1. The maximum Gasteiger partial charge on any atom is 0.408 e. The number of nitrogens with one attached hydrogen (secondary N) is 3. The molecule has 0 unspecified atom stereocenters. The highest BCUT2D eigenvalue weighted by atomic mass is 16.5. The Labute approximate surface area is 265 Å². The van der Waals surface area contributed by atoms with E-state index in [1.54, 1.807) is 6.92 Å². The molecule has 3 aromatic carbocycles. The van der Waals surface area contributed by atoms with Crippen LogP contribution in [0.1, 0.15) is 43.9 Å². The van der Waals surface area contributed by atoms with Crippen molar-refractivity contribution in [2.45, 2.75) is 64.8 Å². The lowest BCUT2D eigenvalue weighted by Gasteiger charge is -2.25. The van der Waals surface area contributed by atoms with Gasteiger partial charge < -0.3 is 25.4 Å². The molecule has 0 fully saturated rings. The average Bonchev–Trinajstić information content (AvgIpc) is 3.03. The number of benzene rings is 3. The largest absolute Gasteiger partial charge is 0.456 e. The second-order valence-electron chi connectivity index (χ2n) is 10.9. The van der Waals surface area contributed by atoms with Gasteiger partial charge in [0.1, 0.15) is 18.7 Å². The summed E-state index contributed by atoms with van der Waals surface area (Å²) in [6, 6.07) is 25.2. The van der Waals surface area contributed by atoms with Crippen LogP contribution in [0.4, 0.5) is 4.79 Å². The normalized spacial score (nSPS) is 12.4. The first-order valence-corrected chi connectivity index (χ1v) is 15.1. The molecule has 0 saturated carbocycles. The van der Waals surface area contributed by atoms with Crippen molar-refractivity contribution in [1.29, 1.82) is 0 Å². The fraction of sp³-hybridized carbons (Fsp3) is 0.333. The van der Waals surface area contributed by atoms with Crippen LogP contribution in [-0.4, -0.2) is 48.6 Å². The monoisotopic (exact) mass is 611 g/mol. The van der Waals surface area contributed by atoms with Crippen LogP contribution in [0.5, 0.6) is 0 Å². The zero-order valence-corrected chi connectivity index (χ0v) is 26.0. The minimum absolute atomic E-state index is 0.0529. The topological polar surface area (TPSA) is 123 Å². The lowest BCUT2D eigenvalue weighted by molar-refractivity contribution is -0.136. The van der Waals surface area contributed by atoms with E-state index in [9.17, 15) is 19.2 Å². The summed E-state index contributed by atoms with van der Waals surface area (Å²) in [4.78, 5) is 52.0. The molecule has 0 spiro atoms. The standard InChI is InChI=1S/C36H41N3O6/c1-4-44-33(40)21-20-30(23-27-14-8-5-9-15-27)37-34(41)32(24-28-16-10-6-11-17-28)38-35(42)31(22-26(2)3)39-36(43)45-25-29-18-12-7-13-19-29/h5-19,26,30-32H,4,22-25H2,1-3H3,(H,37,41)(H,38,42)(H,39,43)/t30-,31+,32+/m1/s1. The number of ether oxygens (including phenoxy) is 2. The molecular formula is C36H41N3O6. The molecule has 0 radical (unpaired) electrons. The summed E-state index contributed by atoms with van der Waals surface area (Å²) in [5, 5.41) is 8.41. The Kier molecular flexibility index (Phi) is 14.2. The molecule has 45 heavy (non-hydrogen) atoms. The van der Waals surface area contributed by atoms with Gasteiger partial charge in [0.15, 0.2) is 0 Å². The molecule has 9 heteroatoms. The second kappa shape index (κ2) is 18.5. The van der Waals surface area contributed by atoms with E-state index in [0.29, 0.717) is 12.8 Å². The van der Waals surface area contributed by atoms with Gasteiger partial charge in [-0.3, -0.25) is 9.59 Å². The Morgan fingerprint density at radius 1 is 0.667 bits per heavy atom. The molecule has 3 amide bonds.